The van der Waals surface area contributed by atoms with Crippen molar-refractivity contribution in [1.29, 1.82) is 0 Å². The largest absolute Gasteiger partial charge is 0.497 e. The zero-order valence-electron chi connectivity index (χ0n) is 25.5. The number of amides is 1. The molecule has 48 heavy (non-hydrogen) atoms. The molecule has 0 bridgehead atoms. The van der Waals surface area contributed by atoms with E-state index in [1.54, 1.807) is 63.6 Å². The second kappa shape index (κ2) is 13.0. The highest BCUT2D eigenvalue weighted by Crippen LogP contribution is 2.35. The number of aryl methyl sites for hydroxylation is 1. The van der Waals surface area contributed by atoms with Gasteiger partial charge in [-0.05, 0) is 42.8 Å². The van der Waals surface area contributed by atoms with Crippen molar-refractivity contribution < 1.29 is 36.2 Å². The third kappa shape index (κ3) is 5.72. The second-order valence-electron chi connectivity index (χ2n) is 10.5. The number of para-hydroxylation sites is 1. The van der Waals surface area contributed by atoms with Gasteiger partial charge in [-0.3, -0.25) is 4.79 Å². The van der Waals surface area contributed by atoms with E-state index in [9.17, 15) is 26.7 Å². The minimum atomic E-state index is -2.28. The summed E-state index contributed by atoms with van der Waals surface area (Å²) in [6.07, 6.45) is 2.60. The molecule has 0 unspecified atom stereocenters. The maximum absolute atomic E-state index is 14.5. The van der Waals surface area contributed by atoms with Crippen LogP contribution in [0.25, 0.3) is 21.7 Å². The fourth-order valence-corrected chi connectivity index (χ4v) is 5.23. The number of ether oxygens (including phenoxy) is 2. The SMILES string of the molecule is COc1ccc(CNc2ncnc3c(C(=O)Nc4c(C)ccc5c(Nc6c(F)c(F)c(F)c(F)c6F)nccc45)cccc23)c(OC)c1. The van der Waals surface area contributed by atoms with Crippen LogP contribution in [0.5, 0.6) is 11.5 Å². The second-order valence-corrected chi connectivity index (χ2v) is 10.5. The molecule has 2 heterocycles. The van der Waals surface area contributed by atoms with Crippen molar-refractivity contribution in [1.82, 2.24) is 15.0 Å². The van der Waals surface area contributed by atoms with Crippen molar-refractivity contribution >= 4 is 50.6 Å². The molecule has 0 fully saturated rings. The number of aromatic nitrogens is 3. The highest BCUT2D eigenvalue weighted by Gasteiger charge is 2.27. The lowest BCUT2D eigenvalue weighted by molar-refractivity contribution is 0.102. The molecule has 2 aromatic heterocycles. The molecule has 4 aromatic carbocycles. The van der Waals surface area contributed by atoms with Crippen molar-refractivity contribution in [2.75, 3.05) is 30.2 Å². The summed E-state index contributed by atoms with van der Waals surface area (Å²) in [7, 11) is 3.12. The molecule has 0 saturated carbocycles. The lowest BCUT2D eigenvalue weighted by atomic mass is 10.0. The maximum Gasteiger partial charge on any atom is 0.257 e. The predicted octanol–water partition coefficient (Wildman–Crippen LogP) is 7.81. The highest BCUT2D eigenvalue weighted by molar-refractivity contribution is 6.16. The predicted molar refractivity (Wildman–Crippen MR) is 170 cm³/mol. The number of carbonyl (C=O) groups excluding carboxylic acids is 1. The van der Waals surface area contributed by atoms with Crippen molar-refractivity contribution in [3.63, 3.8) is 0 Å². The summed E-state index contributed by atoms with van der Waals surface area (Å²) in [5, 5.41) is 9.58. The van der Waals surface area contributed by atoms with Crippen LogP contribution in [-0.2, 0) is 6.54 Å². The van der Waals surface area contributed by atoms with E-state index in [1.807, 2.05) is 12.1 Å². The molecule has 0 saturated heterocycles. The molecule has 0 aliphatic carbocycles. The highest BCUT2D eigenvalue weighted by atomic mass is 19.2. The number of hydrogen-bond acceptors (Lipinski definition) is 8. The lowest BCUT2D eigenvalue weighted by Gasteiger charge is -2.16. The first-order valence-electron chi connectivity index (χ1n) is 14.3. The van der Waals surface area contributed by atoms with Crippen LogP contribution in [-0.4, -0.2) is 35.1 Å². The number of carbonyl (C=O) groups is 1. The van der Waals surface area contributed by atoms with Crippen LogP contribution in [0.3, 0.4) is 0 Å². The van der Waals surface area contributed by atoms with Gasteiger partial charge in [0, 0.05) is 40.5 Å². The van der Waals surface area contributed by atoms with Crippen LogP contribution in [0.2, 0.25) is 0 Å². The molecule has 3 N–H and O–H groups in total. The molecule has 0 atom stereocenters. The summed E-state index contributed by atoms with van der Waals surface area (Å²) in [6, 6.07) is 15.2. The monoisotopic (exact) mass is 660 g/mol. The lowest BCUT2D eigenvalue weighted by Crippen LogP contribution is -2.15. The van der Waals surface area contributed by atoms with Gasteiger partial charge in [0.25, 0.3) is 5.91 Å². The van der Waals surface area contributed by atoms with E-state index < -0.39 is 40.7 Å². The van der Waals surface area contributed by atoms with Gasteiger partial charge < -0.3 is 25.4 Å². The van der Waals surface area contributed by atoms with Crippen molar-refractivity contribution in [2.24, 2.45) is 0 Å². The first kappa shape index (κ1) is 31.9. The van der Waals surface area contributed by atoms with Gasteiger partial charge >= 0.3 is 0 Å². The number of methoxy groups -OCH3 is 2. The van der Waals surface area contributed by atoms with Gasteiger partial charge in [0.15, 0.2) is 23.3 Å². The standard InChI is InChI=1S/C34H25F5N6O3/c1-16-7-10-20-19(11-12-40-33(20)44-31-27(38)25(36)24(35)26(37)28(31)39)29(16)45-34(46)22-6-4-5-21-30(22)42-15-43-32(21)41-14-17-8-9-18(47-2)13-23(17)48-3/h4-13,15H,14H2,1-3H3,(H,40,44)(H,45,46)(H,41,42,43). The fraction of sp³-hybridized carbons (Fsp3) is 0.118. The number of rotatable bonds is 9. The number of halogens is 5. The third-order valence-corrected chi connectivity index (χ3v) is 7.70. The summed E-state index contributed by atoms with van der Waals surface area (Å²) < 4.78 is 81.0. The summed E-state index contributed by atoms with van der Waals surface area (Å²) in [4.78, 5) is 26.5. The number of nitrogens with zero attached hydrogens (tertiary/aromatic N) is 3. The quantitative estimate of drug-likeness (QED) is 0.0819. The van der Waals surface area contributed by atoms with E-state index in [2.05, 4.69) is 30.9 Å². The Morgan fingerprint density at radius 3 is 2.23 bits per heavy atom. The molecule has 0 aliphatic heterocycles. The minimum Gasteiger partial charge on any atom is -0.497 e. The molecule has 0 aliphatic rings. The van der Waals surface area contributed by atoms with Gasteiger partial charge in [-0.1, -0.05) is 18.2 Å². The molecular weight excluding hydrogens is 635 g/mol. The van der Waals surface area contributed by atoms with Gasteiger partial charge in [0.05, 0.1) is 31.0 Å². The topological polar surface area (TPSA) is 110 Å². The number of nitrogens with one attached hydrogen (secondary N) is 3. The number of benzene rings is 4. The van der Waals surface area contributed by atoms with Gasteiger partial charge in [-0.15, -0.1) is 0 Å². The molecule has 244 valence electrons. The number of pyridine rings is 1. The van der Waals surface area contributed by atoms with E-state index in [0.717, 1.165) is 5.56 Å². The molecule has 0 spiro atoms. The Labute approximate surface area is 269 Å². The van der Waals surface area contributed by atoms with Crippen LogP contribution in [0.15, 0.2) is 67.1 Å². The maximum atomic E-state index is 14.5. The van der Waals surface area contributed by atoms with Crippen molar-refractivity contribution in [2.45, 2.75) is 13.5 Å². The van der Waals surface area contributed by atoms with Crippen molar-refractivity contribution in [3.05, 3.63) is 113 Å². The summed E-state index contributed by atoms with van der Waals surface area (Å²) in [6.45, 7) is 2.08. The Morgan fingerprint density at radius 1 is 0.750 bits per heavy atom. The Kier molecular flexibility index (Phi) is 8.63. The average Bonchev–Trinajstić information content (AvgIpc) is 3.11. The van der Waals surface area contributed by atoms with Crippen LogP contribution < -0.4 is 25.4 Å². The van der Waals surface area contributed by atoms with Crippen LogP contribution in [0, 0.1) is 36.0 Å². The first-order chi connectivity index (χ1) is 23.1. The Balaban J connectivity index is 1.32. The van der Waals surface area contributed by atoms with Crippen LogP contribution in [0.4, 0.5) is 45.0 Å². The minimum absolute atomic E-state index is 0.201. The van der Waals surface area contributed by atoms with E-state index in [4.69, 9.17) is 9.47 Å². The van der Waals surface area contributed by atoms with Gasteiger partial charge in [0.2, 0.25) is 5.82 Å². The molecule has 6 aromatic rings. The first-order valence-corrected chi connectivity index (χ1v) is 14.3. The Hall–Kier alpha value is -6.05. The van der Waals surface area contributed by atoms with E-state index in [0.29, 0.717) is 51.4 Å². The summed E-state index contributed by atoms with van der Waals surface area (Å²) >= 11 is 0. The Bertz CT molecular complexity index is 2200. The van der Waals surface area contributed by atoms with Gasteiger partial charge in [-0.2, -0.15) is 0 Å². The van der Waals surface area contributed by atoms with Gasteiger partial charge in [-0.25, -0.2) is 36.9 Å². The van der Waals surface area contributed by atoms with Gasteiger partial charge in [0.1, 0.15) is 35.1 Å². The molecular formula is C34H25F5N6O3. The molecule has 9 nitrogen and oxygen atoms in total. The van der Waals surface area contributed by atoms with E-state index >= 15 is 0 Å². The number of fused-ring (bicyclic) bond motifs is 2. The smallest absolute Gasteiger partial charge is 0.257 e. The molecule has 6 rings (SSSR count). The zero-order chi connectivity index (χ0) is 34.1. The third-order valence-electron chi connectivity index (χ3n) is 7.70. The van der Waals surface area contributed by atoms with E-state index in [1.165, 1.54) is 12.5 Å². The summed E-state index contributed by atoms with van der Waals surface area (Å²) in [5.74, 6) is -9.54. The fourth-order valence-electron chi connectivity index (χ4n) is 5.23. The summed E-state index contributed by atoms with van der Waals surface area (Å²) in [5.41, 5.74) is 1.12. The zero-order valence-corrected chi connectivity index (χ0v) is 25.5. The molecule has 1 amide bonds. The molecule has 0 radical (unpaired) electrons. The van der Waals surface area contributed by atoms with E-state index in [-0.39, 0.29) is 16.8 Å². The molecule has 14 heteroatoms. The van der Waals surface area contributed by atoms with Crippen LogP contribution in [0.1, 0.15) is 21.5 Å². The Morgan fingerprint density at radius 2 is 1.50 bits per heavy atom. The number of anilines is 4. The number of hydrogen-bond donors (Lipinski definition) is 3. The average molecular weight is 661 g/mol. The van der Waals surface area contributed by atoms with Crippen LogP contribution >= 0.6 is 0 Å². The normalized spacial score (nSPS) is 11.1. The van der Waals surface area contributed by atoms with Crippen molar-refractivity contribution in [3.8, 4) is 11.5 Å².